The van der Waals surface area contributed by atoms with Gasteiger partial charge in [0.2, 0.25) is 0 Å². The second kappa shape index (κ2) is 6.42. The highest BCUT2D eigenvalue weighted by Gasteiger charge is 2.25. The highest BCUT2D eigenvalue weighted by molar-refractivity contribution is 6.18. The summed E-state index contributed by atoms with van der Waals surface area (Å²) in [6.45, 7) is 4.95. The van der Waals surface area contributed by atoms with Gasteiger partial charge in [-0.1, -0.05) is 18.9 Å². The van der Waals surface area contributed by atoms with Gasteiger partial charge in [0.15, 0.2) is 0 Å². The Morgan fingerprint density at radius 2 is 2.05 bits per heavy atom. The van der Waals surface area contributed by atoms with E-state index >= 15 is 0 Å². The number of carbonyl (C=O) groups excluding carboxylic acids is 1. The molecule has 0 radical (unpaired) electrons. The highest BCUT2D eigenvalue weighted by atomic mass is 35.5. The molecule has 1 atom stereocenters. The standard InChI is InChI=1S/C16H22ClNO/c1-12-7-8-14(10-13(12)2)16(19)18-9-5-3-4-6-15(18)11-17/h7-8,10,15H,3-6,9,11H2,1-2H3. The van der Waals surface area contributed by atoms with Gasteiger partial charge >= 0.3 is 0 Å². The second-order valence-electron chi connectivity index (χ2n) is 5.46. The van der Waals surface area contributed by atoms with E-state index in [0.717, 1.165) is 24.9 Å². The van der Waals surface area contributed by atoms with E-state index in [1.165, 1.54) is 24.0 Å². The molecule has 104 valence electrons. The number of hydrogen-bond donors (Lipinski definition) is 0. The largest absolute Gasteiger partial charge is 0.334 e. The lowest BCUT2D eigenvalue weighted by atomic mass is 10.0. The van der Waals surface area contributed by atoms with Crippen LogP contribution in [0.5, 0.6) is 0 Å². The SMILES string of the molecule is Cc1ccc(C(=O)N2CCCCCC2CCl)cc1C. The fourth-order valence-corrected chi connectivity index (χ4v) is 2.97. The number of aryl methyl sites for hydroxylation is 2. The molecule has 1 aromatic rings. The van der Waals surface area contributed by atoms with Crippen molar-refractivity contribution in [3.63, 3.8) is 0 Å². The molecule has 0 bridgehead atoms. The van der Waals surface area contributed by atoms with Crippen molar-refractivity contribution in [2.24, 2.45) is 0 Å². The van der Waals surface area contributed by atoms with E-state index in [9.17, 15) is 4.79 Å². The van der Waals surface area contributed by atoms with Crippen LogP contribution in [0.15, 0.2) is 18.2 Å². The monoisotopic (exact) mass is 279 g/mol. The first-order chi connectivity index (χ1) is 9.13. The van der Waals surface area contributed by atoms with E-state index in [1.807, 2.05) is 30.0 Å². The summed E-state index contributed by atoms with van der Waals surface area (Å²) in [6, 6.07) is 6.14. The number of alkyl halides is 1. The first kappa shape index (κ1) is 14.4. The van der Waals surface area contributed by atoms with Crippen LogP contribution in [0.25, 0.3) is 0 Å². The Balaban J connectivity index is 2.22. The zero-order valence-corrected chi connectivity index (χ0v) is 12.5. The summed E-state index contributed by atoms with van der Waals surface area (Å²) in [5, 5.41) is 0. The first-order valence-electron chi connectivity index (χ1n) is 7.07. The summed E-state index contributed by atoms with van der Waals surface area (Å²) in [6.07, 6.45) is 4.49. The van der Waals surface area contributed by atoms with Gasteiger partial charge in [0.1, 0.15) is 0 Å². The number of carbonyl (C=O) groups is 1. The van der Waals surface area contributed by atoms with Crippen LogP contribution in [0, 0.1) is 13.8 Å². The molecule has 1 aliphatic rings. The lowest BCUT2D eigenvalue weighted by Crippen LogP contribution is -2.41. The molecule has 1 unspecified atom stereocenters. The van der Waals surface area contributed by atoms with Crippen LogP contribution < -0.4 is 0 Å². The van der Waals surface area contributed by atoms with E-state index in [0.29, 0.717) is 5.88 Å². The fraction of sp³-hybridized carbons (Fsp3) is 0.562. The molecule has 0 spiro atoms. The van der Waals surface area contributed by atoms with Crippen LogP contribution in [0.4, 0.5) is 0 Å². The molecule has 1 amide bonds. The molecule has 0 N–H and O–H groups in total. The Morgan fingerprint density at radius 1 is 1.26 bits per heavy atom. The molecule has 19 heavy (non-hydrogen) atoms. The van der Waals surface area contributed by atoms with Gasteiger partial charge in [0, 0.05) is 24.0 Å². The average Bonchev–Trinajstić information content (AvgIpc) is 2.66. The predicted octanol–water partition coefficient (Wildman–Crippen LogP) is 3.93. The van der Waals surface area contributed by atoms with E-state index in [-0.39, 0.29) is 11.9 Å². The van der Waals surface area contributed by atoms with Gasteiger partial charge in [0.05, 0.1) is 0 Å². The number of halogens is 1. The third kappa shape index (κ3) is 3.30. The van der Waals surface area contributed by atoms with E-state index in [4.69, 9.17) is 11.6 Å². The predicted molar refractivity (Wildman–Crippen MR) is 79.9 cm³/mol. The molecular weight excluding hydrogens is 258 g/mol. The Bertz CT molecular complexity index is 458. The lowest BCUT2D eigenvalue weighted by molar-refractivity contribution is 0.0700. The Kier molecular flexibility index (Phi) is 4.87. The molecule has 1 saturated heterocycles. The maximum Gasteiger partial charge on any atom is 0.254 e. The van der Waals surface area contributed by atoms with Crippen molar-refractivity contribution in [3.8, 4) is 0 Å². The molecule has 0 aromatic heterocycles. The van der Waals surface area contributed by atoms with Crippen LogP contribution in [0.1, 0.15) is 47.2 Å². The van der Waals surface area contributed by atoms with Crippen molar-refractivity contribution < 1.29 is 4.79 Å². The molecule has 0 saturated carbocycles. The molecule has 3 heteroatoms. The minimum absolute atomic E-state index is 0.135. The van der Waals surface area contributed by atoms with Gasteiger partial charge in [-0.2, -0.15) is 0 Å². The highest BCUT2D eigenvalue weighted by Crippen LogP contribution is 2.21. The summed E-state index contributed by atoms with van der Waals surface area (Å²) in [4.78, 5) is 14.6. The van der Waals surface area contributed by atoms with E-state index in [1.54, 1.807) is 0 Å². The number of likely N-dealkylation sites (tertiary alicyclic amines) is 1. The number of rotatable bonds is 2. The van der Waals surface area contributed by atoms with Gasteiger partial charge < -0.3 is 4.90 Å². The number of nitrogens with zero attached hydrogens (tertiary/aromatic N) is 1. The van der Waals surface area contributed by atoms with Crippen molar-refractivity contribution in [2.75, 3.05) is 12.4 Å². The van der Waals surface area contributed by atoms with Crippen molar-refractivity contribution in [1.82, 2.24) is 4.90 Å². The number of hydrogen-bond acceptors (Lipinski definition) is 1. The zero-order chi connectivity index (χ0) is 13.8. The molecule has 0 aliphatic carbocycles. The average molecular weight is 280 g/mol. The van der Waals surface area contributed by atoms with Crippen molar-refractivity contribution >= 4 is 17.5 Å². The third-order valence-electron chi connectivity index (χ3n) is 4.07. The quantitative estimate of drug-likeness (QED) is 0.751. The zero-order valence-electron chi connectivity index (χ0n) is 11.8. The minimum Gasteiger partial charge on any atom is -0.334 e. The fourth-order valence-electron chi connectivity index (χ4n) is 2.65. The van der Waals surface area contributed by atoms with Crippen LogP contribution >= 0.6 is 11.6 Å². The number of amides is 1. The van der Waals surface area contributed by atoms with E-state index < -0.39 is 0 Å². The Morgan fingerprint density at radius 3 is 2.74 bits per heavy atom. The first-order valence-corrected chi connectivity index (χ1v) is 7.61. The summed E-state index contributed by atoms with van der Waals surface area (Å²) >= 11 is 6.04. The summed E-state index contributed by atoms with van der Waals surface area (Å²) < 4.78 is 0. The number of benzene rings is 1. The Hall–Kier alpha value is -1.02. The van der Waals surface area contributed by atoms with Gasteiger partial charge in [-0.05, 0) is 49.9 Å². The molecule has 1 fully saturated rings. The maximum absolute atomic E-state index is 12.7. The topological polar surface area (TPSA) is 20.3 Å². The summed E-state index contributed by atoms with van der Waals surface area (Å²) in [5.74, 6) is 0.673. The molecular formula is C16H22ClNO. The van der Waals surface area contributed by atoms with Gasteiger partial charge in [-0.15, -0.1) is 11.6 Å². The van der Waals surface area contributed by atoms with Gasteiger partial charge in [0.25, 0.3) is 5.91 Å². The maximum atomic E-state index is 12.7. The van der Waals surface area contributed by atoms with Crippen LogP contribution in [-0.2, 0) is 0 Å². The van der Waals surface area contributed by atoms with Gasteiger partial charge in [-0.3, -0.25) is 4.79 Å². The van der Waals surface area contributed by atoms with Crippen LogP contribution in [-0.4, -0.2) is 29.3 Å². The van der Waals surface area contributed by atoms with Crippen LogP contribution in [0.3, 0.4) is 0 Å². The molecule has 2 nitrogen and oxygen atoms in total. The third-order valence-corrected chi connectivity index (χ3v) is 4.43. The normalized spacial score (nSPS) is 20.2. The second-order valence-corrected chi connectivity index (χ2v) is 5.76. The van der Waals surface area contributed by atoms with Gasteiger partial charge in [-0.25, -0.2) is 0 Å². The van der Waals surface area contributed by atoms with Crippen molar-refractivity contribution in [1.29, 1.82) is 0 Å². The molecule has 2 rings (SSSR count). The summed E-state index contributed by atoms with van der Waals surface area (Å²) in [5.41, 5.74) is 3.18. The van der Waals surface area contributed by atoms with E-state index in [2.05, 4.69) is 6.92 Å². The molecule has 1 aliphatic heterocycles. The summed E-state index contributed by atoms with van der Waals surface area (Å²) in [7, 11) is 0. The smallest absolute Gasteiger partial charge is 0.254 e. The minimum atomic E-state index is 0.135. The molecule has 1 heterocycles. The van der Waals surface area contributed by atoms with Crippen molar-refractivity contribution in [2.45, 2.75) is 45.6 Å². The molecule has 1 aromatic carbocycles. The van der Waals surface area contributed by atoms with Crippen molar-refractivity contribution in [3.05, 3.63) is 34.9 Å². The van der Waals surface area contributed by atoms with Crippen LogP contribution in [0.2, 0.25) is 0 Å². The Labute approximate surface area is 120 Å². The lowest BCUT2D eigenvalue weighted by Gasteiger charge is -2.28.